The molecule has 0 spiro atoms. The molecule has 12 rings (SSSR count). The maximum Gasteiger partial charge on any atom is 0.193 e. The van der Waals surface area contributed by atoms with Gasteiger partial charge >= 0.3 is 0 Å². The van der Waals surface area contributed by atoms with Crippen LogP contribution < -0.4 is 0 Å². The van der Waals surface area contributed by atoms with Crippen LogP contribution in [-0.2, 0) is 28.4 Å². The third kappa shape index (κ3) is 13.2. The molecule has 6 unspecified atom stereocenters. The Morgan fingerprint density at radius 3 is 1.18 bits per heavy atom. The van der Waals surface area contributed by atoms with Gasteiger partial charge in [0.2, 0.25) is 0 Å². The van der Waals surface area contributed by atoms with E-state index in [2.05, 4.69) is 81.3 Å². The van der Waals surface area contributed by atoms with E-state index in [4.69, 9.17) is 68.2 Å². The van der Waals surface area contributed by atoms with Gasteiger partial charge in [0.05, 0.1) is 29.3 Å². The summed E-state index contributed by atoms with van der Waals surface area (Å²) >= 11 is 18.3. The van der Waals surface area contributed by atoms with Crippen LogP contribution in [0.2, 0.25) is 15.1 Å². The van der Waals surface area contributed by atoms with Crippen LogP contribution in [0.3, 0.4) is 0 Å². The Balaban J connectivity index is 0.000000131. The quantitative estimate of drug-likeness (QED) is 0.120. The smallest absolute Gasteiger partial charge is 0.193 e. The summed E-state index contributed by atoms with van der Waals surface area (Å²) in [5, 5.41) is 1.78. The number of ether oxygens (including phenoxy) is 6. The molecule has 12 nitrogen and oxygen atoms in total. The third-order valence-electron chi connectivity index (χ3n) is 14.1. The molecule has 0 saturated heterocycles. The predicted molar refractivity (Wildman–Crippen MR) is 303 cm³/mol. The Labute approximate surface area is 463 Å². The number of rotatable bonds is 12. The minimum Gasteiger partial charge on any atom is -0.478 e. The Bertz CT molecular complexity index is 3080. The Hall–Kier alpha value is -7.06. The molecule has 6 heterocycles. The van der Waals surface area contributed by atoms with Crippen LogP contribution in [0.5, 0.6) is 0 Å². The third-order valence-corrected chi connectivity index (χ3v) is 15.3. The summed E-state index contributed by atoms with van der Waals surface area (Å²) in [7, 11) is 0. The van der Waals surface area contributed by atoms with E-state index in [0.29, 0.717) is 110 Å². The van der Waals surface area contributed by atoms with Crippen LogP contribution in [-0.4, -0.2) is 75.0 Å². The van der Waals surface area contributed by atoms with Crippen LogP contribution >= 0.6 is 34.8 Å². The van der Waals surface area contributed by atoms with E-state index in [1.165, 1.54) is 33.9 Å². The highest BCUT2D eigenvalue weighted by molar-refractivity contribution is 6.42. The predicted octanol–water partition coefficient (Wildman–Crippen LogP) is 14.5. The molecule has 0 fully saturated rings. The van der Waals surface area contributed by atoms with Gasteiger partial charge in [-0.3, -0.25) is 0 Å². The van der Waals surface area contributed by atoms with Crippen LogP contribution in [0, 0.1) is 33.5 Å². The van der Waals surface area contributed by atoms with Crippen molar-refractivity contribution in [1.29, 1.82) is 0 Å². The monoisotopic (exact) mass is 1090 g/mol. The summed E-state index contributed by atoms with van der Waals surface area (Å²) < 4.78 is 48.2. The molecule has 0 amide bonds. The molecule has 6 atom stereocenters. The second-order valence-corrected chi connectivity index (χ2v) is 20.6. The first-order valence-electron chi connectivity index (χ1n) is 25.7. The summed E-state index contributed by atoms with van der Waals surface area (Å²) in [5.74, 6) is 3.71. The van der Waals surface area contributed by atoms with Crippen molar-refractivity contribution in [1.82, 2.24) is 0 Å². The highest BCUT2D eigenvalue weighted by Crippen LogP contribution is 2.34. The van der Waals surface area contributed by atoms with E-state index < -0.39 is 0 Å². The molecule has 0 aromatic heterocycles. The molecule has 0 N–H and O–H groups in total. The number of hydrogen-bond donors (Lipinski definition) is 0. The summed E-state index contributed by atoms with van der Waals surface area (Å²) in [6, 6.07) is 43.1. The van der Waals surface area contributed by atoms with Crippen LogP contribution in [0.4, 0.5) is 4.39 Å². The molecule has 0 bridgehead atoms. The molecule has 6 aromatic rings. The molecule has 16 heteroatoms. The lowest BCUT2D eigenvalue weighted by Gasteiger charge is -2.11. The molecule has 77 heavy (non-hydrogen) atoms. The van der Waals surface area contributed by atoms with Gasteiger partial charge in [0.25, 0.3) is 0 Å². The fourth-order valence-electron chi connectivity index (χ4n) is 9.52. The first kappa shape index (κ1) is 53.3. The van der Waals surface area contributed by atoms with E-state index in [-0.39, 0.29) is 42.1 Å². The summed E-state index contributed by atoms with van der Waals surface area (Å²) in [6.07, 6.45) is 1.41. The fourth-order valence-corrected chi connectivity index (χ4v) is 10.0. The zero-order chi connectivity index (χ0) is 53.4. The van der Waals surface area contributed by atoms with Gasteiger partial charge in [-0.25, -0.2) is 34.3 Å². The lowest BCUT2D eigenvalue weighted by molar-refractivity contribution is 0.299. The maximum atomic E-state index is 13.8. The number of halogens is 4. The first-order valence-corrected chi connectivity index (χ1v) is 26.8. The van der Waals surface area contributed by atoms with E-state index in [1.807, 2.05) is 79.7 Å². The van der Waals surface area contributed by atoms with Gasteiger partial charge in [0, 0.05) is 5.02 Å². The molecule has 0 aliphatic carbocycles. The second kappa shape index (κ2) is 24.5. The lowest BCUT2D eigenvalue weighted by Crippen LogP contribution is -2.08. The average molecular weight is 1100 g/mol. The second-order valence-electron chi connectivity index (χ2n) is 19.4. The molecule has 6 aromatic carbocycles. The van der Waals surface area contributed by atoms with Crippen LogP contribution in [0.15, 0.2) is 163 Å². The Morgan fingerprint density at radius 2 is 0.740 bits per heavy atom. The van der Waals surface area contributed by atoms with Crippen molar-refractivity contribution >= 4 is 70.2 Å². The highest BCUT2D eigenvalue weighted by Gasteiger charge is 2.30. The van der Waals surface area contributed by atoms with Crippen molar-refractivity contribution in [3.8, 4) is 0 Å². The fraction of sp³-hybridized carbons (Fsp3) is 0.311. The van der Waals surface area contributed by atoms with E-state index in [0.717, 1.165) is 27.3 Å². The Kier molecular flexibility index (Phi) is 17.0. The van der Waals surface area contributed by atoms with Gasteiger partial charge in [-0.05, 0) is 108 Å². The lowest BCUT2D eigenvalue weighted by atomic mass is 9.98. The van der Waals surface area contributed by atoms with Crippen molar-refractivity contribution in [2.75, 3.05) is 39.6 Å². The zero-order valence-electron chi connectivity index (χ0n) is 43.2. The number of aliphatic imine (C=N–C) groups is 6. The van der Waals surface area contributed by atoms with E-state index in [9.17, 15) is 4.39 Å². The minimum absolute atomic E-state index is 0.0168. The number of aryl methyl sites for hydroxylation is 2. The summed E-state index contributed by atoms with van der Waals surface area (Å²) in [6.45, 7) is 11.1. The minimum atomic E-state index is -0.212. The van der Waals surface area contributed by atoms with Crippen molar-refractivity contribution in [2.45, 2.75) is 83.2 Å². The first-order chi connectivity index (χ1) is 37.4. The van der Waals surface area contributed by atoms with Gasteiger partial charge in [-0.2, -0.15) is 0 Å². The number of nitrogens with zero attached hydrogens (tertiary/aromatic N) is 6. The largest absolute Gasteiger partial charge is 0.478 e. The maximum absolute atomic E-state index is 13.8. The molecular formula is C61H58Cl3FN6O6. The van der Waals surface area contributed by atoms with Gasteiger partial charge in [-0.15, -0.1) is 0 Å². The van der Waals surface area contributed by atoms with Gasteiger partial charge < -0.3 is 28.4 Å². The van der Waals surface area contributed by atoms with Crippen molar-refractivity contribution in [3.05, 3.63) is 210 Å². The molecule has 6 aliphatic rings. The van der Waals surface area contributed by atoms with Crippen LogP contribution in [0.1, 0.15) is 111 Å². The van der Waals surface area contributed by atoms with Crippen molar-refractivity contribution < 1.29 is 32.8 Å². The SMILES string of the molecule is Cc1ccc(C2COC(CC3=NC(c4ccc(Cl)c(Cl)c4)CO3)=N2)cc1Cl.Cc1cccc(C2COC(CC3=NC(c4cccc(F)c4C)CO3)=N2)c1C.c1ccc(C2COC(CC3=NC(c4ccccc4)CO3)=N2)cc1. The zero-order valence-corrected chi connectivity index (χ0v) is 45.4. The van der Waals surface area contributed by atoms with Crippen molar-refractivity contribution in [3.63, 3.8) is 0 Å². The molecule has 6 aliphatic heterocycles. The van der Waals surface area contributed by atoms with Gasteiger partial charge in [0.1, 0.15) is 81.7 Å². The summed E-state index contributed by atoms with van der Waals surface area (Å²) in [5.41, 5.74) is 10.6. The number of benzene rings is 6. The average Bonchev–Trinajstić information content (AvgIpc) is 4.34. The van der Waals surface area contributed by atoms with Gasteiger partial charge in [-0.1, -0.05) is 144 Å². The standard InChI is InChI=1S/C22H23FN2O2.C20H17Cl3N2O2.C19H18N2O2/c1-13-6-4-7-16(14(13)2)19-11-26-21(24-19)10-22-25-20(12-27-22)17-8-5-9-18(23)15(17)3;1-11-2-3-12(6-15(11)22)17-9-26-19(24-17)8-20-25-18(10-27-20)13-4-5-14(21)16(23)7-13;1-3-7-14(8-4-1)16-12-22-18(20-16)11-19-21-17(13-23-19)15-9-5-2-6-10-15/h4-9,19-20H,10-12H2,1-3H3;2-7,17-18H,8-10H2,1H3;1-10,16-17H,11-13H2. The molecule has 396 valence electrons. The molecular weight excluding hydrogens is 1040 g/mol. The van der Waals surface area contributed by atoms with E-state index in [1.54, 1.807) is 19.1 Å². The van der Waals surface area contributed by atoms with Gasteiger partial charge in [0.15, 0.2) is 35.4 Å². The highest BCUT2D eigenvalue weighted by atomic mass is 35.5. The van der Waals surface area contributed by atoms with E-state index >= 15 is 0 Å². The summed E-state index contributed by atoms with van der Waals surface area (Å²) in [4.78, 5) is 27.9. The topological polar surface area (TPSA) is 130 Å². The van der Waals surface area contributed by atoms with Crippen molar-refractivity contribution in [2.24, 2.45) is 30.0 Å². The molecule has 0 saturated carbocycles. The normalized spacial score (nSPS) is 21.9. The molecule has 0 radical (unpaired) electrons. The Morgan fingerprint density at radius 1 is 0.364 bits per heavy atom. The van der Waals surface area contributed by atoms with Crippen LogP contribution in [0.25, 0.3) is 0 Å². The number of hydrogen-bond acceptors (Lipinski definition) is 12.